The summed E-state index contributed by atoms with van der Waals surface area (Å²) in [7, 11) is 3.28. The molecule has 2 amide bonds. The van der Waals surface area contributed by atoms with Crippen molar-refractivity contribution >= 4 is 11.8 Å². The van der Waals surface area contributed by atoms with Gasteiger partial charge in [0.15, 0.2) is 0 Å². The fraction of sp³-hybridized carbons (Fsp3) is 0.571. The summed E-state index contributed by atoms with van der Waals surface area (Å²) < 4.78 is 4.89. The zero-order chi connectivity index (χ0) is 15.7. The van der Waals surface area contributed by atoms with Crippen molar-refractivity contribution in [3.63, 3.8) is 0 Å². The van der Waals surface area contributed by atoms with Crippen LogP contribution in [0.25, 0.3) is 0 Å². The van der Waals surface area contributed by atoms with Crippen molar-refractivity contribution < 1.29 is 14.3 Å². The summed E-state index contributed by atoms with van der Waals surface area (Å²) in [6.45, 7) is 3.34. The molecule has 118 valence electrons. The molecule has 2 fully saturated rings. The van der Waals surface area contributed by atoms with Crippen LogP contribution in [-0.4, -0.2) is 89.4 Å². The van der Waals surface area contributed by atoms with Gasteiger partial charge in [-0.15, -0.1) is 0 Å². The smallest absolute Gasteiger partial charge is 0.316 e. The lowest BCUT2D eigenvalue weighted by atomic mass is 10.1. The first kappa shape index (κ1) is 14.7. The number of likely N-dealkylation sites (N-methyl/N-ethyl adjacent to an activating group) is 1. The molecule has 0 spiro atoms. The maximum Gasteiger partial charge on any atom is 0.316 e. The normalized spacial score (nSPS) is 22.5. The van der Waals surface area contributed by atoms with Crippen molar-refractivity contribution in [3.05, 3.63) is 18.0 Å². The summed E-state index contributed by atoms with van der Waals surface area (Å²) in [6, 6.07) is -0.0129. The van der Waals surface area contributed by atoms with Crippen LogP contribution in [-0.2, 0) is 4.79 Å². The molecule has 2 saturated heterocycles. The molecule has 0 aliphatic carbocycles. The van der Waals surface area contributed by atoms with E-state index in [-0.39, 0.29) is 23.9 Å². The molecule has 0 aromatic carbocycles. The number of amides is 2. The summed E-state index contributed by atoms with van der Waals surface area (Å²) in [5, 5.41) is 0. The highest BCUT2D eigenvalue weighted by Gasteiger charge is 2.38. The number of fused-ring (bicyclic) bond motifs is 1. The zero-order valence-electron chi connectivity index (χ0n) is 12.7. The van der Waals surface area contributed by atoms with Gasteiger partial charge < -0.3 is 14.5 Å². The molecule has 3 heterocycles. The zero-order valence-corrected chi connectivity index (χ0v) is 12.7. The third kappa shape index (κ3) is 2.61. The van der Waals surface area contributed by atoms with E-state index in [0.717, 1.165) is 13.1 Å². The number of carbonyl (C=O) groups is 2. The summed E-state index contributed by atoms with van der Waals surface area (Å²) in [6.07, 6.45) is 2.91. The molecular weight excluding hydrogens is 286 g/mol. The Balaban J connectivity index is 1.72. The average Bonchev–Trinajstić information content (AvgIpc) is 2.57. The first-order valence-corrected chi connectivity index (χ1v) is 7.24. The molecule has 8 nitrogen and oxygen atoms in total. The number of aromatic nitrogens is 2. The van der Waals surface area contributed by atoms with Crippen LogP contribution in [0.2, 0.25) is 0 Å². The third-order valence-electron chi connectivity index (χ3n) is 4.22. The second-order valence-corrected chi connectivity index (χ2v) is 5.52. The Morgan fingerprint density at radius 3 is 2.59 bits per heavy atom. The van der Waals surface area contributed by atoms with Gasteiger partial charge in [0.25, 0.3) is 5.91 Å². The lowest BCUT2D eigenvalue weighted by Gasteiger charge is -2.45. The highest BCUT2D eigenvalue weighted by Crippen LogP contribution is 2.18. The molecule has 1 atom stereocenters. The van der Waals surface area contributed by atoms with Crippen LogP contribution in [0.3, 0.4) is 0 Å². The van der Waals surface area contributed by atoms with Gasteiger partial charge in [0.05, 0.1) is 12.7 Å². The van der Waals surface area contributed by atoms with Crippen molar-refractivity contribution in [1.29, 1.82) is 0 Å². The van der Waals surface area contributed by atoms with E-state index >= 15 is 0 Å². The lowest BCUT2D eigenvalue weighted by molar-refractivity contribution is -0.142. The van der Waals surface area contributed by atoms with E-state index in [1.54, 1.807) is 16.8 Å². The van der Waals surface area contributed by atoms with Crippen molar-refractivity contribution in [3.8, 4) is 6.01 Å². The third-order valence-corrected chi connectivity index (χ3v) is 4.22. The number of hydrogen-bond donors (Lipinski definition) is 0. The number of nitrogens with zero attached hydrogens (tertiary/aromatic N) is 5. The van der Waals surface area contributed by atoms with Crippen molar-refractivity contribution in [2.45, 2.75) is 6.04 Å². The number of ether oxygens (including phenoxy) is 1. The van der Waals surface area contributed by atoms with Gasteiger partial charge in [0.1, 0.15) is 6.04 Å². The van der Waals surface area contributed by atoms with E-state index in [2.05, 4.69) is 14.9 Å². The maximum absolute atomic E-state index is 12.5. The van der Waals surface area contributed by atoms with Crippen LogP contribution in [0, 0.1) is 0 Å². The quantitative estimate of drug-likeness (QED) is 0.703. The number of piperazine rings is 2. The first-order valence-electron chi connectivity index (χ1n) is 7.24. The molecule has 2 aliphatic rings. The second kappa shape index (κ2) is 5.88. The van der Waals surface area contributed by atoms with Gasteiger partial charge in [-0.3, -0.25) is 14.5 Å². The minimum atomic E-state index is -0.240. The maximum atomic E-state index is 12.5. The van der Waals surface area contributed by atoms with Gasteiger partial charge in [0, 0.05) is 52.2 Å². The van der Waals surface area contributed by atoms with Crippen molar-refractivity contribution in [2.24, 2.45) is 0 Å². The first-order chi connectivity index (χ1) is 10.6. The highest BCUT2D eigenvalue weighted by atomic mass is 16.5. The van der Waals surface area contributed by atoms with Gasteiger partial charge in [-0.25, -0.2) is 9.97 Å². The average molecular weight is 305 g/mol. The van der Waals surface area contributed by atoms with Gasteiger partial charge in [-0.1, -0.05) is 0 Å². The molecule has 22 heavy (non-hydrogen) atoms. The van der Waals surface area contributed by atoms with Crippen LogP contribution in [0.15, 0.2) is 12.4 Å². The van der Waals surface area contributed by atoms with E-state index in [1.807, 2.05) is 0 Å². The summed E-state index contributed by atoms with van der Waals surface area (Å²) in [5.41, 5.74) is 0.408. The molecule has 3 rings (SSSR count). The largest absolute Gasteiger partial charge is 0.467 e. The van der Waals surface area contributed by atoms with E-state index in [0.29, 0.717) is 25.2 Å². The van der Waals surface area contributed by atoms with Crippen molar-refractivity contribution in [1.82, 2.24) is 24.7 Å². The Morgan fingerprint density at radius 1 is 1.23 bits per heavy atom. The molecule has 0 radical (unpaired) electrons. The Hall–Kier alpha value is -2.22. The Morgan fingerprint density at radius 2 is 1.91 bits per heavy atom. The standard InChI is InChI=1S/C14H19N5O3/c1-17-3-4-18-5-6-19(9-11(18)13(17)21)12(20)10-7-15-14(22-2)16-8-10/h7-8,11H,3-6,9H2,1-2H3. The van der Waals surface area contributed by atoms with Crippen LogP contribution in [0.5, 0.6) is 6.01 Å². The van der Waals surface area contributed by atoms with Gasteiger partial charge in [-0.2, -0.15) is 0 Å². The van der Waals surface area contributed by atoms with Gasteiger partial charge in [0.2, 0.25) is 5.91 Å². The fourth-order valence-corrected chi connectivity index (χ4v) is 2.86. The predicted octanol–water partition coefficient (Wildman–Crippen LogP) is -0.916. The van der Waals surface area contributed by atoms with Gasteiger partial charge in [-0.05, 0) is 0 Å². The monoisotopic (exact) mass is 305 g/mol. The summed E-state index contributed by atoms with van der Waals surface area (Å²) in [5.74, 6) is -0.0712. The molecule has 8 heteroatoms. The number of carbonyl (C=O) groups excluding carboxylic acids is 2. The Labute approximate surface area is 128 Å². The second-order valence-electron chi connectivity index (χ2n) is 5.52. The molecule has 0 bridgehead atoms. The van der Waals surface area contributed by atoms with E-state index in [1.165, 1.54) is 19.5 Å². The number of rotatable bonds is 2. The topological polar surface area (TPSA) is 78.9 Å². The Bertz CT molecular complexity index is 576. The molecule has 1 aromatic heterocycles. The molecular formula is C14H19N5O3. The molecule has 0 saturated carbocycles. The van der Waals surface area contributed by atoms with Crippen LogP contribution >= 0.6 is 0 Å². The summed E-state index contributed by atoms with van der Waals surface area (Å²) >= 11 is 0. The Kier molecular flexibility index (Phi) is 3.93. The van der Waals surface area contributed by atoms with Crippen molar-refractivity contribution in [2.75, 3.05) is 46.9 Å². The van der Waals surface area contributed by atoms with E-state index in [4.69, 9.17) is 4.74 Å². The fourth-order valence-electron chi connectivity index (χ4n) is 2.86. The highest BCUT2D eigenvalue weighted by molar-refractivity contribution is 5.94. The van der Waals surface area contributed by atoms with Crippen LogP contribution in [0.1, 0.15) is 10.4 Å². The molecule has 1 unspecified atom stereocenters. The lowest BCUT2D eigenvalue weighted by Crippen LogP contribution is -2.64. The van der Waals surface area contributed by atoms with E-state index < -0.39 is 0 Å². The summed E-state index contributed by atoms with van der Waals surface area (Å²) in [4.78, 5) is 38.3. The van der Waals surface area contributed by atoms with Crippen LogP contribution in [0.4, 0.5) is 0 Å². The number of hydrogen-bond acceptors (Lipinski definition) is 6. The number of methoxy groups -OCH3 is 1. The molecule has 0 N–H and O–H groups in total. The molecule has 2 aliphatic heterocycles. The minimum Gasteiger partial charge on any atom is -0.467 e. The molecule has 1 aromatic rings. The SMILES string of the molecule is COc1ncc(C(=O)N2CCN3CCN(C)C(=O)C3C2)cn1. The van der Waals surface area contributed by atoms with E-state index in [9.17, 15) is 9.59 Å². The van der Waals surface area contributed by atoms with Gasteiger partial charge >= 0.3 is 6.01 Å². The van der Waals surface area contributed by atoms with Crippen LogP contribution < -0.4 is 4.74 Å². The minimum absolute atomic E-state index is 0.0785. The predicted molar refractivity (Wildman–Crippen MR) is 77.5 cm³/mol.